The first kappa shape index (κ1) is 17.8. The number of carbonyl (C=O) groups is 1. The van der Waals surface area contributed by atoms with Gasteiger partial charge in [0.25, 0.3) is 0 Å². The van der Waals surface area contributed by atoms with Crippen LogP contribution in [0.2, 0.25) is 10.0 Å². The van der Waals surface area contributed by atoms with Crippen molar-refractivity contribution < 1.29 is 4.79 Å². The lowest BCUT2D eigenvalue weighted by Gasteiger charge is -2.13. The summed E-state index contributed by atoms with van der Waals surface area (Å²) in [6, 6.07) is 8.75. The summed E-state index contributed by atoms with van der Waals surface area (Å²) in [7, 11) is 0. The second-order valence-corrected chi connectivity index (χ2v) is 5.97. The molecule has 3 rings (SSSR count). The second kappa shape index (κ2) is 7.95. The Bertz CT molecular complexity index is 963. The maximum absolute atomic E-state index is 11.6. The molecule has 0 fully saturated rings. The molecule has 1 aromatic carbocycles. The molecular weight excluding hydrogens is 373 g/mol. The van der Waals surface area contributed by atoms with E-state index in [9.17, 15) is 4.79 Å². The molecule has 0 aliphatic rings. The lowest BCUT2D eigenvalue weighted by Crippen LogP contribution is -2.07. The third-order valence-electron chi connectivity index (χ3n) is 3.40. The lowest BCUT2D eigenvalue weighted by molar-refractivity contribution is -0.111. The van der Waals surface area contributed by atoms with Gasteiger partial charge in [0.1, 0.15) is 12.1 Å². The van der Waals surface area contributed by atoms with E-state index in [1.54, 1.807) is 36.5 Å². The van der Waals surface area contributed by atoms with Crippen LogP contribution in [0.4, 0.5) is 17.2 Å². The van der Waals surface area contributed by atoms with Crippen LogP contribution < -0.4 is 10.6 Å². The Hall–Kier alpha value is -2.96. The smallest absolute Gasteiger partial charge is 0.247 e. The summed E-state index contributed by atoms with van der Waals surface area (Å²) >= 11 is 12.0. The van der Waals surface area contributed by atoms with Crippen molar-refractivity contribution in [1.82, 2.24) is 15.0 Å². The summed E-state index contributed by atoms with van der Waals surface area (Å²) in [5.41, 5.74) is 2.77. The fourth-order valence-corrected chi connectivity index (χ4v) is 2.46. The molecule has 2 aromatic heterocycles. The number of halogens is 2. The summed E-state index contributed by atoms with van der Waals surface area (Å²) in [6.45, 7) is 3.45. The summed E-state index contributed by atoms with van der Waals surface area (Å²) in [4.78, 5) is 24.0. The molecule has 0 bridgehead atoms. The minimum absolute atomic E-state index is 0.300. The standard InChI is InChI=1S/C18H13Cl2N5O/c1-2-18(26)24-11-3-4-16(12(7-11)15-5-6-21-10-23-15)25-17-8-13(19)14(20)9-22-17/h2-10H,1H2,(H,22,25)(H,24,26). The van der Waals surface area contributed by atoms with Gasteiger partial charge in [0, 0.05) is 35.4 Å². The molecular formula is C18H13Cl2N5O. The third kappa shape index (κ3) is 4.17. The van der Waals surface area contributed by atoms with Gasteiger partial charge in [-0.05, 0) is 30.3 Å². The van der Waals surface area contributed by atoms with E-state index in [2.05, 4.69) is 32.2 Å². The van der Waals surface area contributed by atoms with Crippen molar-refractivity contribution in [2.24, 2.45) is 0 Å². The topological polar surface area (TPSA) is 79.8 Å². The number of pyridine rings is 1. The van der Waals surface area contributed by atoms with Crippen molar-refractivity contribution in [2.75, 3.05) is 10.6 Å². The fourth-order valence-electron chi connectivity index (χ4n) is 2.21. The number of rotatable bonds is 5. The number of amides is 1. The minimum atomic E-state index is -0.300. The normalized spacial score (nSPS) is 10.2. The molecule has 130 valence electrons. The quantitative estimate of drug-likeness (QED) is 0.621. The van der Waals surface area contributed by atoms with E-state index >= 15 is 0 Å². The maximum Gasteiger partial charge on any atom is 0.247 e. The molecule has 1 amide bonds. The van der Waals surface area contributed by atoms with Gasteiger partial charge >= 0.3 is 0 Å². The first-order valence-corrected chi connectivity index (χ1v) is 8.24. The number of aromatic nitrogens is 3. The Morgan fingerprint density at radius 2 is 1.96 bits per heavy atom. The molecule has 0 saturated heterocycles. The van der Waals surface area contributed by atoms with Crippen LogP contribution in [0.1, 0.15) is 0 Å². The number of nitrogens with one attached hydrogen (secondary N) is 2. The first-order chi connectivity index (χ1) is 12.6. The van der Waals surface area contributed by atoms with Crippen molar-refractivity contribution in [3.8, 4) is 11.3 Å². The van der Waals surface area contributed by atoms with E-state index < -0.39 is 0 Å². The highest BCUT2D eigenvalue weighted by molar-refractivity contribution is 6.42. The molecule has 0 spiro atoms. The SMILES string of the molecule is C=CC(=O)Nc1ccc(Nc2cc(Cl)c(Cl)cn2)c(-c2ccncn2)c1. The first-order valence-electron chi connectivity index (χ1n) is 7.49. The Labute approximate surface area is 159 Å². The molecule has 0 saturated carbocycles. The van der Waals surface area contributed by atoms with Gasteiger partial charge in [-0.25, -0.2) is 15.0 Å². The maximum atomic E-state index is 11.6. The van der Waals surface area contributed by atoms with Gasteiger partial charge in [-0.3, -0.25) is 4.79 Å². The molecule has 0 radical (unpaired) electrons. The summed E-state index contributed by atoms with van der Waals surface area (Å²) in [5, 5.41) is 6.68. The molecule has 0 aliphatic carbocycles. The van der Waals surface area contributed by atoms with Crippen LogP contribution in [0.5, 0.6) is 0 Å². The highest BCUT2D eigenvalue weighted by Gasteiger charge is 2.11. The van der Waals surface area contributed by atoms with E-state index in [0.717, 1.165) is 11.3 Å². The highest BCUT2D eigenvalue weighted by Crippen LogP contribution is 2.32. The molecule has 6 nitrogen and oxygen atoms in total. The van der Waals surface area contributed by atoms with Gasteiger partial charge in [0.2, 0.25) is 5.91 Å². The molecule has 2 N–H and O–H groups in total. The Balaban J connectivity index is 2.01. The Morgan fingerprint density at radius 3 is 2.65 bits per heavy atom. The van der Waals surface area contributed by atoms with Gasteiger partial charge in [0.15, 0.2) is 0 Å². The summed E-state index contributed by atoms with van der Waals surface area (Å²) in [6.07, 6.45) is 5.76. The molecule has 26 heavy (non-hydrogen) atoms. The monoisotopic (exact) mass is 385 g/mol. The predicted octanol–water partition coefficient (Wildman–Crippen LogP) is 4.71. The lowest BCUT2D eigenvalue weighted by atomic mass is 10.1. The largest absolute Gasteiger partial charge is 0.340 e. The zero-order valence-electron chi connectivity index (χ0n) is 13.4. The van der Waals surface area contributed by atoms with Crippen molar-refractivity contribution in [3.05, 3.63) is 71.8 Å². The van der Waals surface area contributed by atoms with E-state index in [1.807, 2.05) is 0 Å². The molecule has 0 unspecified atom stereocenters. The van der Waals surface area contributed by atoms with Crippen molar-refractivity contribution in [3.63, 3.8) is 0 Å². The zero-order chi connectivity index (χ0) is 18.5. The second-order valence-electron chi connectivity index (χ2n) is 5.16. The van der Waals surface area contributed by atoms with Crippen LogP contribution in [0.15, 0.2) is 61.7 Å². The van der Waals surface area contributed by atoms with Gasteiger partial charge < -0.3 is 10.6 Å². The number of hydrogen-bond donors (Lipinski definition) is 2. The number of carbonyl (C=O) groups excluding carboxylic acids is 1. The van der Waals surface area contributed by atoms with Gasteiger partial charge in [-0.2, -0.15) is 0 Å². The van der Waals surface area contributed by atoms with Gasteiger partial charge in [-0.1, -0.05) is 29.8 Å². The average molecular weight is 386 g/mol. The number of benzene rings is 1. The van der Waals surface area contributed by atoms with Crippen LogP contribution in [0.25, 0.3) is 11.3 Å². The third-order valence-corrected chi connectivity index (χ3v) is 4.11. The van der Waals surface area contributed by atoms with Crippen LogP contribution in [-0.2, 0) is 4.79 Å². The summed E-state index contributed by atoms with van der Waals surface area (Å²) < 4.78 is 0. The fraction of sp³-hybridized carbons (Fsp3) is 0. The Kier molecular flexibility index (Phi) is 5.46. The van der Waals surface area contributed by atoms with Crippen molar-refractivity contribution >= 4 is 46.3 Å². The van der Waals surface area contributed by atoms with Gasteiger partial charge in [0.05, 0.1) is 15.7 Å². The number of nitrogens with zero attached hydrogens (tertiary/aromatic N) is 3. The predicted molar refractivity (Wildman–Crippen MR) is 104 cm³/mol. The zero-order valence-corrected chi connectivity index (χ0v) is 14.9. The van der Waals surface area contributed by atoms with E-state index in [4.69, 9.17) is 23.2 Å². The molecule has 8 heteroatoms. The molecule has 0 atom stereocenters. The van der Waals surface area contributed by atoms with E-state index in [0.29, 0.717) is 27.2 Å². The van der Waals surface area contributed by atoms with Gasteiger partial charge in [-0.15, -0.1) is 0 Å². The average Bonchev–Trinajstić information content (AvgIpc) is 2.66. The molecule has 2 heterocycles. The van der Waals surface area contributed by atoms with Crippen LogP contribution in [0.3, 0.4) is 0 Å². The number of hydrogen-bond acceptors (Lipinski definition) is 5. The van der Waals surface area contributed by atoms with Crippen molar-refractivity contribution in [2.45, 2.75) is 0 Å². The molecule has 3 aromatic rings. The van der Waals surface area contributed by atoms with Crippen LogP contribution >= 0.6 is 23.2 Å². The minimum Gasteiger partial charge on any atom is -0.340 e. The van der Waals surface area contributed by atoms with Crippen LogP contribution in [0, 0.1) is 0 Å². The van der Waals surface area contributed by atoms with E-state index in [1.165, 1.54) is 18.6 Å². The van der Waals surface area contributed by atoms with Crippen molar-refractivity contribution in [1.29, 1.82) is 0 Å². The highest BCUT2D eigenvalue weighted by atomic mass is 35.5. The van der Waals surface area contributed by atoms with E-state index in [-0.39, 0.29) is 5.91 Å². The van der Waals surface area contributed by atoms with Crippen LogP contribution in [-0.4, -0.2) is 20.9 Å². The molecule has 0 aliphatic heterocycles. The summed E-state index contributed by atoms with van der Waals surface area (Å²) in [5.74, 6) is 0.225. The number of anilines is 3. The Morgan fingerprint density at radius 1 is 1.12 bits per heavy atom.